The number of rotatable bonds is 5. The number of nitrogens with one attached hydrogen (secondary N) is 2. The Morgan fingerprint density at radius 3 is 2.60 bits per heavy atom. The van der Waals surface area contributed by atoms with E-state index in [0.29, 0.717) is 22.3 Å². The molecule has 1 aromatic rings. The highest BCUT2D eigenvalue weighted by Gasteiger charge is 2.16. The topological polar surface area (TPSA) is 61.4 Å². The van der Waals surface area contributed by atoms with E-state index >= 15 is 0 Å². The second-order valence-electron chi connectivity index (χ2n) is 4.64. The summed E-state index contributed by atoms with van der Waals surface area (Å²) in [7, 11) is -3.41. The molecule has 0 amide bonds. The van der Waals surface area contributed by atoms with Crippen LogP contribution in [0.3, 0.4) is 0 Å². The fourth-order valence-electron chi connectivity index (χ4n) is 1.97. The van der Waals surface area contributed by atoms with Gasteiger partial charge in [0.2, 0.25) is 10.0 Å². The SMILES string of the molecule is O=S(=O)(CCN1CCNCC1)Nc1ccc(Cl)cc1Cl. The summed E-state index contributed by atoms with van der Waals surface area (Å²) in [6, 6.07) is 4.67. The zero-order valence-electron chi connectivity index (χ0n) is 10.9. The summed E-state index contributed by atoms with van der Waals surface area (Å²) in [5, 5.41) is 3.99. The van der Waals surface area contributed by atoms with E-state index in [2.05, 4.69) is 14.9 Å². The molecular formula is C12H17Cl2N3O2S. The second kappa shape index (κ2) is 6.95. The molecule has 0 bridgehead atoms. The predicted molar refractivity (Wildman–Crippen MR) is 83.2 cm³/mol. The predicted octanol–water partition coefficient (Wildman–Crippen LogP) is 1.64. The molecule has 0 aromatic heterocycles. The third-order valence-corrected chi connectivity index (χ3v) is 4.88. The molecule has 0 spiro atoms. The van der Waals surface area contributed by atoms with Crippen molar-refractivity contribution in [1.29, 1.82) is 0 Å². The monoisotopic (exact) mass is 337 g/mol. The maximum atomic E-state index is 12.0. The molecule has 112 valence electrons. The van der Waals surface area contributed by atoms with E-state index in [1.165, 1.54) is 6.07 Å². The largest absolute Gasteiger partial charge is 0.314 e. The lowest BCUT2D eigenvalue weighted by molar-refractivity contribution is 0.254. The molecule has 20 heavy (non-hydrogen) atoms. The molecule has 0 radical (unpaired) electrons. The molecule has 1 fully saturated rings. The van der Waals surface area contributed by atoms with Crippen LogP contribution in [0.25, 0.3) is 0 Å². The van der Waals surface area contributed by atoms with Gasteiger partial charge in [-0.3, -0.25) is 9.62 Å². The minimum absolute atomic E-state index is 0.0476. The molecular weight excluding hydrogens is 321 g/mol. The van der Waals surface area contributed by atoms with E-state index in [1.54, 1.807) is 12.1 Å². The molecule has 2 rings (SSSR count). The van der Waals surface area contributed by atoms with E-state index in [9.17, 15) is 8.42 Å². The van der Waals surface area contributed by atoms with Crippen molar-refractivity contribution in [3.8, 4) is 0 Å². The van der Waals surface area contributed by atoms with Crippen LogP contribution in [0.5, 0.6) is 0 Å². The fraction of sp³-hybridized carbons (Fsp3) is 0.500. The van der Waals surface area contributed by atoms with Crippen molar-refractivity contribution in [2.45, 2.75) is 0 Å². The van der Waals surface area contributed by atoms with Crippen molar-refractivity contribution in [1.82, 2.24) is 10.2 Å². The lowest BCUT2D eigenvalue weighted by Crippen LogP contribution is -2.45. The first kappa shape index (κ1) is 15.9. The summed E-state index contributed by atoms with van der Waals surface area (Å²) in [5.41, 5.74) is 0.358. The summed E-state index contributed by atoms with van der Waals surface area (Å²) in [6.45, 7) is 4.06. The van der Waals surface area contributed by atoms with Crippen LogP contribution in [-0.4, -0.2) is 51.8 Å². The highest BCUT2D eigenvalue weighted by Crippen LogP contribution is 2.26. The van der Waals surface area contributed by atoms with Gasteiger partial charge in [0.25, 0.3) is 0 Å². The molecule has 1 aromatic carbocycles. The Bertz CT molecular complexity index is 560. The fourth-order valence-corrected chi connectivity index (χ4v) is 3.60. The first-order valence-electron chi connectivity index (χ1n) is 6.35. The summed E-state index contributed by atoms with van der Waals surface area (Å²) < 4.78 is 26.6. The summed E-state index contributed by atoms with van der Waals surface area (Å²) in [4.78, 5) is 2.12. The van der Waals surface area contributed by atoms with Crippen LogP contribution >= 0.6 is 23.2 Å². The number of hydrogen-bond acceptors (Lipinski definition) is 4. The van der Waals surface area contributed by atoms with Gasteiger partial charge in [0, 0.05) is 37.7 Å². The van der Waals surface area contributed by atoms with E-state index in [1.807, 2.05) is 0 Å². The number of hydrogen-bond donors (Lipinski definition) is 2. The van der Waals surface area contributed by atoms with Gasteiger partial charge in [-0.15, -0.1) is 0 Å². The molecule has 0 atom stereocenters. The third-order valence-electron chi connectivity index (χ3n) is 3.08. The lowest BCUT2D eigenvalue weighted by Gasteiger charge is -2.26. The van der Waals surface area contributed by atoms with Crippen LogP contribution < -0.4 is 10.0 Å². The third kappa shape index (κ3) is 4.79. The molecule has 5 nitrogen and oxygen atoms in total. The van der Waals surface area contributed by atoms with Gasteiger partial charge in [0.1, 0.15) is 0 Å². The van der Waals surface area contributed by atoms with Crippen molar-refractivity contribution in [2.75, 3.05) is 43.2 Å². The normalized spacial score (nSPS) is 17.1. The number of nitrogens with zero attached hydrogens (tertiary/aromatic N) is 1. The molecule has 0 saturated carbocycles. The molecule has 8 heteroatoms. The van der Waals surface area contributed by atoms with Gasteiger partial charge in [-0.05, 0) is 18.2 Å². The van der Waals surface area contributed by atoms with Crippen molar-refractivity contribution >= 4 is 38.9 Å². The maximum Gasteiger partial charge on any atom is 0.234 e. The Kier molecular flexibility index (Phi) is 5.51. The summed E-state index contributed by atoms with van der Waals surface area (Å²) >= 11 is 11.7. The highest BCUT2D eigenvalue weighted by atomic mass is 35.5. The van der Waals surface area contributed by atoms with Crippen LogP contribution in [0, 0.1) is 0 Å². The smallest absolute Gasteiger partial charge is 0.234 e. The number of benzene rings is 1. The first-order valence-corrected chi connectivity index (χ1v) is 8.76. The number of sulfonamides is 1. The molecule has 1 heterocycles. The van der Waals surface area contributed by atoms with Crippen molar-refractivity contribution in [3.63, 3.8) is 0 Å². The van der Waals surface area contributed by atoms with E-state index in [0.717, 1.165) is 26.2 Å². The Morgan fingerprint density at radius 2 is 1.95 bits per heavy atom. The van der Waals surface area contributed by atoms with Gasteiger partial charge in [-0.25, -0.2) is 8.42 Å². The van der Waals surface area contributed by atoms with Crippen LogP contribution in [-0.2, 0) is 10.0 Å². The molecule has 1 saturated heterocycles. The van der Waals surface area contributed by atoms with Crippen molar-refractivity contribution in [2.24, 2.45) is 0 Å². The number of piperazine rings is 1. The molecule has 0 unspecified atom stereocenters. The Hall–Kier alpha value is -0.530. The zero-order chi connectivity index (χ0) is 14.6. The van der Waals surface area contributed by atoms with E-state index < -0.39 is 10.0 Å². The van der Waals surface area contributed by atoms with Gasteiger partial charge in [0.05, 0.1) is 16.5 Å². The summed E-state index contributed by atoms with van der Waals surface area (Å²) in [5.74, 6) is 0.0476. The number of halogens is 2. The molecule has 2 N–H and O–H groups in total. The second-order valence-corrected chi connectivity index (χ2v) is 7.32. The maximum absolute atomic E-state index is 12.0. The zero-order valence-corrected chi connectivity index (χ0v) is 13.2. The first-order chi connectivity index (χ1) is 9.46. The van der Waals surface area contributed by atoms with Crippen LogP contribution in [0.1, 0.15) is 0 Å². The Balaban J connectivity index is 1.93. The van der Waals surface area contributed by atoms with Crippen LogP contribution in [0.15, 0.2) is 18.2 Å². The van der Waals surface area contributed by atoms with Crippen LogP contribution in [0.2, 0.25) is 10.0 Å². The Morgan fingerprint density at radius 1 is 1.25 bits per heavy atom. The van der Waals surface area contributed by atoms with Gasteiger partial charge in [0.15, 0.2) is 0 Å². The van der Waals surface area contributed by atoms with Crippen molar-refractivity contribution < 1.29 is 8.42 Å². The molecule has 1 aliphatic heterocycles. The minimum Gasteiger partial charge on any atom is -0.314 e. The van der Waals surface area contributed by atoms with Gasteiger partial charge >= 0.3 is 0 Å². The average molecular weight is 338 g/mol. The van der Waals surface area contributed by atoms with E-state index in [4.69, 9.17) is 23.2 Å². The standard InChI is InChI=1S/C12H17Cl2N3O2S/c13-10-1-2-12(11(14)9-10)16-20(18,19)8-7-17-5-3-15-4-6-17/h1-2,9,15-16H,3-8H2. The summed E-state index contributed by atoms with van der Waals surface area (Å²) in [6.07, 6.45) is 0. The minimum atomic E-state index is -3.41. The van der Waals surface area contributed by atoms with Gasteiger partial charge in [-0.1, -0.05) is 23.2 Å². The number of anilines is 1. The van der Waals surface area contributed by atoms with Gasteiger partial charge < -0.3 is 5.32 Å². The lowest BCUT2D eigenvalue weighted by atomic mass is 10.3. The quantitative estimate of drug-likeness (QED) is 0.857. The van der Waals surface area contributed by atoms with E-state index in [-0.39, 0.29) is 5.75 Å². The Labute approximate surface area is 129 Å². The highest BCUT2D eigenvalue weighted by molar-refractivity contribution is 7.92. The van der Waals surface area contributed by atoms with Crippen molar-refractivity contribution in [3.05, 3.63) is 28.2 Å². The van der Waals surface area contributed by atoms with Crippen LogP contribution in [0.4, 0.5) is 5.69 Å². The molecule has 0 aliphatic carbocycles. The average Bonchev–Trinajstić information content (AvgIpc) is 2.41. The van der Waals surface area contributed by atoms with Gasteiger partial charge in [-0.2, -0.15) is 0 Å². The molecule has 1 aliphatic rings.